The third-order valence-electron chi connectivity index (χ3n) is 7.22. The number of hydrogen-bond acceptors (Lipinski definition) is 7. The van der Waals surface area contributed by atoms with Gasteiger partial charge in [0.2, 0.25) is 5.95 Å². The minimum atomic E-state index is -1.22. The first-order valence-electron chi connectivity index (χ1n) is 13.1. The van der Waals surface area contributed by atoms with Crippen LogP contribution < -0.4 is 19.9 Å². The molecule has 0 bridgehead atoms. The second-order valence-electron chi connectivity index (χ2n) is 9.45. The van der Waals surface area contributed by atoms with E-state index in [1.54, 1.807) is 6.20 Å². The van der Waals surface area contributed by atoms with E-state index in [4.69, 9.17) is 4.74 Å². The molecule has 37 heavy (non-hydrogen) atoms. The standard InChI is InChI=1S/C26H36F2N6O3/c1-4-32(5-2)13-9-8-12-29-25-30-15-17-16-33(23-21(27)19(35)14-20(37-3)22(23)28)26(36)34(24(17)31-25)18-10-6-7-11-18/h14-15,18,35H,4-13,16H2,1-3H3,(H,29,30,31). The lowest BCUT2D eigenvalue weighted by Crippen LogP contribution is -2.52. The Morgan fingerprint density at radius 1 is 1.19 bits per heavy atom. The summed E-state index contributed by atoms with van der Waals surface area (Å²) >= 11 is 0. The number of amides is 2. The zero-order valence-electron chi connectivity index (χ0n) is 21.8. The lowest BCUT2D eigenvalue weighted by Gasteiger charge is -2.39. The molecule has 1 aliphatic heterocycles. The molecule has 1 aromatic carbocycles. The van der Waals surface area contributed by atoms with E-state index in [-0.39, 0.29) is 18.3 Å². The minimum absolute atomic E-state index is 0.137. The zero-order valence-corrected chi connectivity index (χ0v) is 21.8. The second-order valence-corrected chi connectivity index (χ2v) is 9.45. The predicted molar refractivity (Wildman–Crippen MR) is 138 cm³/mol. The van der Waals surface area contributed by atoms with Crippen molar-refractivity contribution in [3.63, 3.8) is 0 Å². The molecule has 2 amide bonds. The molecule has 2 aliphatic rings. The molecular formula is C26H36F2N6O3. The van der Waals surface area contributed by atoms with Gasteiger partial charge in [0, 0.05) is 30.4 Å². The van der Waals surface area contributed by atoms with Crippen LogP contribution in [-0.2, 0) is 6.54 Å². The summed E-state index contributed by atoms with van der Waals surface area (Å²) in [5.41, 5.74) is -0.0782. The van der Waals surface area contributed by atoms with Crippen molar-refractivity contribution in [2.75, 3.05) is 48.4 Å². The van der Waals surface area contributed by atoms with Crippen LogP contribution in [0.4, 0.5) is 31.0 Å². The van der Waals surface area contributed by atoms with Gasteiger partial charge in [0.1, 0.15) is 11.5 Å². The van der Waals surface area contributed by atoms with Crippen molar-refractivity contribution in [3.8, 4) is 11.5 Å². The van der Waals surface area contributed by atoms with Gasteiger partial charge in [0.05, 0.1) is 13.7 Å². The quantitative estimate of drug-likeness (QED) is 0.409. The van der Waals surface area contributed by atoms with Gasteiger partial charge in [-0.1, -0.05) is 26.7 Å². The fourth-order valence-electron chi connectivity index (χ4n) is 5.10. The van der Waals surface area contributed by atoms with Crippen LogP contribution in [0.3, 0.4) is 0 Å². The number of urea groups is 1. The number of methoxy groups -OCH3 is 1. The van der Waals surface area contributed by atoms with E-state index in [0.29, 0.717) is 23.9 Å². The largest absolute Gasteiger partial charge is 0.505 e. The number of aromatic hydroxyl groups is 1. The zero-order chi connectivity index (χ0) is 26.5. The number of fused-ring (bicyclic) bond motifs is 1. The van der Waals surface area contributed by atoms with Crippen molar-refractivity contribution in [1.82, 2.24) is 14.9 Å². The van der Waals surface area contributed by atoms with Crippen molar-refractivity contribution in [1.29, 1.82) is 0 Å². The van der Waals surface area contributed by atoms with Crippen LogP contribution in [0.25, 0.3) is 0 Å². The minimum Gasteiger partial charge on any atom is -0.505 e. The Kier molecular flexibility index (Phi) is 8.63. The molecule has 1 aromatic heterocycles. The fourth-order valence-corrected chi connectivity index (χ4v) is 5.10. The Labute approximate surface area is 216 Å². The van der Waals surface area contributed by atoms with Gasteiger partial charge in [-0.2, -0.15) is 4.98 Å². The Hall–Kier alpha value is -3.21. The number of rotatable bonds is 11. The molecule has 0 unspecified atom stereocenters. The van der Waals surface area contributed by atoms with Crippen LogP contribution in [-0.4, -0.2) is 65.3 Å². The van der Waals surface area contributed by atoms with Crippen molar-refractivity contribution >= 4 is 23.5 Å². The highest BCUT2D eigenvalue weighted by Crippen LogP contribution is 2.41. The highest BCUT2D eigenvalue weighted by Gasteiger charge is 2.41. The Balaban J connectivity index is 1.59. The molecule has 1 saturated carbocycles. The maximum atomic E-state index is 15.2. The van der Waals surface area contributed by atoms with Gasteiger partial charge in [-0.15, -0.1) is 0 Å². The highest BCUT2D eigenvalue weighted by atomic mass is 19.1. The van der Waals surface area contributed by atoms with Gasteiger partial charge < -0.3 is 20.1 Å². The number of aromatic nitrogens is 2. The van der Waals surface area contributed by atoms with E-state index in [1.165, 1.54) is 12.0 Å². The predicted octanol–water partition coefficient (Wildman–Crippen LogP) is 4.89. The van der Waals surface area contributed by atoms with Crippen LogP contribution >= 0.6 is 0 Å². The van der Waals surface area contributed by atoms with E-state index in [2.05, 4.69) is 34.0 Å². The molecule has 2 N–H and O–H groups in total. The van der Waals surface area contributed by atoms with Crippen LogP contribution in [0.2, 0.25) is 0 Å². The number of ether oxygens (including phenoxy) is 1. The monoisotopic (exact) mass is 518 g/mol. The number of halogens is 2. The number of nitrogens with zero attached hydrogens (tertiary/aromatic N) is 5. The van der Waals surface area contributed by atoms with E-state index in [9.17, 15) is 14.3 Å². The summed E-state index contributed by atoms with van der Waals surface area (Å²) in [5, 5.41) is 13.3. The van der Waals surface area contributed by atoms with Gasteiger partial charge in [-0.25, -0.2) is 18.6 Å². The summed E-state index contributed by atoms with van der Waals surface area (Å²) in [6.07, 6.45) is 7.04. The van der Waals surface area contributed by atoms with Crippen LogP contribution in [0.15, 0.2) is 12.3 Å². The smallest absolute Gasteiger partial charge is 0.330 e. The first-order valence-corrected chi connectivity index (χ1v) is 13.1. The Morgan fingerprint density at radius 2 is 1.92 bits per heavy atom. The molecule has 2 aromatic rings. The third-order valence-corrected chi connectivity index (χ3v) is 7.22. The summed E-state index contributed by atoms with van der Waals surface area (Å²) < 4.78 is 35.1. The maximum absolute atomic E-state index is 15.2. The van der Waals surface area contributed by atoms with E-state index < -0.39 is 29.1 Å². The highest BCUT2D eigenvalue weighted by molar-refractivity contribution is 6.06. The first kappa shape index (κ1) is 26.8. The fraction of sp³-hybridized carbons (Fsp3) is 0.577. The average molecular weight is 519 g/mol. The molecule has 1 aliphatic carbocycles. The number of carbonyl (C=O) groups is 1. The summed E-state index contributed by atoms with van der Waals surface area (Å²) in [6, 6.07) is 0.124. The van der Waals surface area contributed by atoms with Gasteiger partial charge in [-0.05, 0) is 45.3 Å². The SMILES string of the molecule is CCN(CC)CCCCNc1ncc2c(n1)N(C1CCCC1)C(=O)N(c1c(F)c(O)cc(OC)c1F)C2. The Morgan fingerprint density at radius 3 is 2.59 bits per heavy atom. The molecule has 202 valence electrons. The molecular weight excluding hydrogens is 482 g/mol. The summed E-state index contributed by atoms with van der Waals surface area (Å²) in [4.78, 5) is 27.7. The van der Waals surface area contributed by atoms with Gasteiger partial charge in [-0.3, -0.25) is 9.80 Å². The maximum Gasteiger partial charge on any atom is 0.330 e. The van der Waals surface area contributed by atoms with Gasteiger partial charge in [0.25, 0.3) is 0 Å². The first-order chi connectivity index (χ1) is 17.9. The molecule has 11 heteroatoms. The molecule has 0 spiro atoms. The lowest BCUT2D eigenvalue weighted by atomic mass is 10.1. The van der Waals surface area contributed by atoms with Crippen molar-refractivity contribution < 1.29 is 23.4 Å². The number of unbranched alkanes of at least 4 members (excludes halogenated alkanes) is 1. The van der Waals surface area contributed by atoms with Crippen molar-refractivity contribution in [2.24, 2.45) is 0 Å². The van der Waals surface area contributed by atoms with Crippen LogP contribution in [0.5, 0.6) is 11.5 Å². The van der Waals surface area contributed by atoms with Gasteiger partial charge in [0.15, 0.2) is 23.1 Å². The summed E-state index contributed by atoms with van der Waals surface area (Å²) in [6.45, 7) is 7.96. The summed E-state index contributed by atoms with van der Waals surface area (Å²) in [7, 11) is 1.21. The lowest BCUT2D eigenvalue weighted by molar-refractivity contribution is 0.246. The summed E-state index contributed by atoms with van der Waals surface area (Å²) in [5.74, 6) is -2.54. The third kappa shape index (κ3) is 5.56. The van der Waals surface area contributed by atoms with Crippen LogP contribution in [0.1, 0.15) is 57.9 Å². The number of nitrogens with one attached hydrogen (secondary N) is 1. The number of benzene rings is 1. The Bertz CT molecular complexity index is 1110. The van der Waals surface area contributed by atoms with E-state index >= 15 is 4.39 Å². The second kappa shape index (κ2) is 11.9. The van der Waals surface area contributed by atoms with Crippen LogP contribution in [0, 0.1) is 11.6 Å². The number of hydrogen-bond donors (Lipinski definition) is 2. The molecule has 4 rings (SSSR count). The van der Waals surface area contributed by atoms with E-state index in [0.717, 1.165) is 69.1 Å². The number of anilines is 3. The number of carbonyl (C=O) groups excluding carboxylic acids is 1. The molecule has 1 fully saturated rings. The molecule has 9 nitrogen and oxygen atoms in total. The molecule has 0 saturated heterocycles. The van der Waals surface area contributed by atoms with Gasteiger partial charge >= 0.3 is 6.03 Å². The molecule has 0 radical (unpaired) electrons. The van der Waals surface area contributed by atoms with Crippen molar-refractivity contribution in [3.05, 3.63) is 29.5 Å². The topological polar surface area (TPSA) is 94.1 Å². The molecule has 0 atom stereocenters. The molecule has 2 heterocycles. The van der Waals surface area contributed by atoms with E-state index in [1.807, 2.05) is 0 Å². The number of phenols is 1. The normalized spacial score (nSPS) is 16.0. The number of phenolic OH excluding ortho intramolecular Hbond substituents is 1. The van der Waals surface area contributed by atoms with Crippen molar-refractivity contribution in [2.45, 2.75) is 65.0 Å². The average Bonchev–Trinajstić information content (AvgIpc) is 3.43.